The minimum Gasteiger partial charge on any atom is -0.359 e. The van der Waals surface area contributed by atoms with Gasteiger partial charge in [0.25, 0.3) is 0 Å². The number of hydrogen-bond donors (Lipinski definition) is 0. The smallest absolute Gasteiger partial charge is 0.142 e. The van der Waals surface area contributed by atoms with Crippen LogP contribution in [0.4, 0.5) is 0 Å². The Morgan fingerprint density at radius 2 is 2.19 bits per heavy atom. The quantitative estimate of drug-likeness (QED) is 0.540. The maximum atomic E-state index is 12.1. The van der Waals surface area contributed by atoms with Gasteiger partial charge in [-0.05, 0) is 12.8 Å². The van der Waals surface area contributed by atoms with Gasteiger partial charge in [0.15, 0.2) is 0 Å². The molecule has 0 N–H and O–H groups in total. The highest BCUT2D eigenvalue weighted by Gasteiger charge is 2.55. The van der Waals surface area contributed by atoms with E-state index in [1.807, 2.05) is 26.0 Å². The molecule has 0 spiro atoms. The normalized spacial score (nSPS) is 41.4. The van der Waals surface area contributed by atoms with Crippen molar-refractivity contribution in [1.82, 2.24) is 0 Å². The average molecular weight is 222 g/mol. The number of carbonyl (C=O) groups is 2. The van der Waals surface area contributed by atoms with Crippen LogP contribution in [0.25, 0.3) is 0 Å². The third kappa shape index (κ3) is 1.46. The Balaban J connectivity index is 2.35. The zero-order chi connectivity index (χ0) is 11.8. The summed E-state index contributed by atoms with van der Waals surface area (Å²) in [5, 5.41) is 0. The Morgan fingerprint density at radius 3 is 2.75 bits per heavy atom. The van der Waals surface area contributed by atoms with Crippen LogP contribution in [-0.4, -0.2) is 23.3 Å². The highest BCUT2D eigenvalue weighted by molar-refractivity contribution is 5.87. The lowest BCUT2D eigenvalue weighted by Gasteiger charge is -2.43. The van der Waals surface area contributed by atoms with Crippen LogP contribution < -0.4 is 0 Å². The van der Waals surface area contributed by atoms with Gasteiger partial charge in [-0.1, -0.05) is 26.0 Å². The molecule has 2 aliphatic rings. The summed E-state index contributed by atoms with van der Waals surface area (Å²) < 4.78 is 6.12. The number of ether oxygens (including phenoxy) is 1. The van der Waals surface area contributed by atoms with Crippen molar-refractivity contribution in [3.05, 3.63) is 12.2 Å². The highest BCUT2D eigenvalue weighted by Crippen LogP contribution is 2.48. The first-order valence-electron chi connectivity index (χ1n) is 5.98. The summed E-state index contributed by atoms with van der Waals surface area (Å²) >= 11 is 0. The van der Waals surface area contributed by atoms with Gasteiger partial charge in [0.2, 0.25) is 0 Å². The molecule has 0 aromatic carbocycles. The molecule has 88 valence electrons. The standard InChI is InChI=1S/C13H18O3/c1-3-12-6-7-13(4-2,16-12)10(5-8-14)11(15)9-12/h6-8,10H,3-5,9H2,1-2H3/t10-,12+,13-/m1/s1. The maximum Gasteiger partial charge on any atom is 0.142 e. The minimum absolute atomic E-state index is 0.173. The van der Waals surface area contributed by atoms with Gasteiger partial charge in [-0.2, -0.15) is 0 Å². The minimum atomic E-state index is -0.522. The lowest BCUT2D eigenvalue weighted by Crippen LogP contribution is -2.51. The Kier molecular flexibility index (Phi) is 2.74. The summed E-state index contributed by atoms with van der Waals surface area (Å²) in [4.78, 5) is 22.8. The summed E-state index contributed by atoms with van der Waals surface area (Å²) in [6, 6.07) is 0. The van der Waals surface area contributed by atoms with Crippen molar-refractivity contribution in [2.45, 2.75) is 50.7 Å². The van der Waals surface area contributed by atoms with Crippen molar-refractivity contribution in [1.29, 1.82) is 0 Å². The summed E-state index contributed by atoms with van der Waals surface area (Å²) in [5.74, 6) is -0.111. The van der Waals surface area contributed by atoms with Crippen LogP contribution in [0.2, 0.25) is 0 Å². The lowest BCUT2D eigenvalue weighted by atomic mass is 9.76. The van der Waals surface area contributed by atoms with Gasteiger partial charge in [0.05, 0.1) is 17.1 Å². The van der Waals surface area contributed by atoms with Crippen LogP contribution in [-0.2, 0) is 14.3 Å². The molecule has 3 atom stereocenters. The van der Waals surface area contributed by atoms with Gasteiger partial charge in [-0.3, -0.25) is 4.79 Å². The van der Waals surface area contributed by atoms with Gasteiger partial charge in [-0.15, -0.1) is 0 Å². The van der Waals surface area contributed by atoms with Crippen molar-refractivity contribution in [2.24, 2.45) is 5.92 Å². The fourth-order valence-corrected chi connectivity index (χ4v) is 2.89. The van der Waals surface area contributed by atoms with Crippen molar-refractivity contribution >= 4 is 12.1 Å². The number of rotatable bonds is 4. The Hall–Kier alpha value is -0.960. The summed E-state index contributed by atoms with van der Waals surface area (Å²) in [6.45, 7) is 4.04. The van der Waals surface area contributed by atoms with E-state index in [9.17, 15) is 9.59 Å². The number of fused-ring (bicyclic) bond motifs is 2. The molecule has 2 bridgehead atoms. The Bertz CT molecular complexity index is 347. The van der Waals surface area contributed by atoms with E-state index in [4.69, 9.17) is 4.74 Å². The van der Waals surface area contributed by atoms with Crippen molar-refractivity contribution in [3.63, 3.8) is 0 Å². The van der Waals surface area contributed by atoms with Gasteiger partial charge >= 0.3 is 0 Å². The number of hydrogen-bond acceptors (Lipinski definition) is 3. The third-order valence-electron chi connectivity index (χ3n) is 4.00. The van der Waals surface area contributed by atoms with E-state index >= 15 is 0 Å². The molecule has 0 aromatic rings. The predicted octanol–water partition coefficient (Wildman–Crippen LogP) is 2.05. The van der Waals surface area contributed by atoms with Crippen molar-refractivity contribution < 1.29 is 14.3 Å². The van der Waals surface area contributed by atoms with Gasteiger partial charge in [-0.25, -0.2) is 0 Å². The van der Waals surface area contributed by atoms with E-state index in [2.05, 4.69) is 0 Å². The first kappa shape index (κ1) is 11.5. The number of ketones is 1. The topological polar surface area (TPSA) is 43.4 Å². The Labute approximate surface area is 95.9 Å². The molecule has 2 aliphatic heterocycles. The molecule has 0 aliphatic carbocycles. The molecule has 3 nitrogen and oxygen atoms in total. The molecule has 16 heavy (non-hydrogen) atoms. The molecule has 0 aromatic heterocycles. The molecule has 0 amide bonds. The van der Waals surface area contributed by atoms with E-state index in [1.165, 1.54) is 0 Å². The van der Waals surface area contributed by atoms with Gasteiger partial charge in [0, 0.05) is 12.8 Å². The van der Waals surface area contributed by atoms with Crippen molar-refractivity contribution in [2.75, 3.05) is 0 Å². The second-order valence-electron chi connectivity index (χ2n) is 4.76. The van der Waals surface area contributed by atoms with Crippen LogP contribution in [0.1, 0.15) is 39.5 Å². The summed E-state index contributed by atoms with van der Waals surface area (Å²) in [6.07, 6.45) is 7.11. The van der Waals surface area contributed by atoms with Crippen LogP contribution in [0.3, 0.4) is 0 Å². The molecular formula is C13H18O3. The molecule has 0 radical (unpaired) electrons. The molecule has 2 rings (SSSR count). The van der Waals surface area contributed by atoms with Gasteiger partial charge in [0.1, 0.15) is 12.1 Å². The van der Waals surface area contributed by atoms with E-state index < -0.39 is 11.2 Å². The molecule has 0 unspecified atom stereocenters. The highest BCUT2D eigenvalue weighted by atomic mass is 16.5. The SMILES string of the molecule is CC[C@@]12C=C[C@@](CC)(O1)[C@H](CC=O)C(=O)C2. The number of aldehydes is 1. The van der Waals surface area contributed by atoms with Gasteiger partial charge < -0.3 is 9.53 Å². The number of Topliss-reactive ketones (excluding diaryl/α,β-unsaturated/α-hetero) is 1. The van der Waals surface area contributed by atoms with Crippen LogP contribution in [0.5, 0.6) is 0 Å². The van der Waals surface area contributed by atoms with Crippen LogP contribution >= 0.6 is 0 Å². The zero-order valence-electron chi connectivity index (χ0n) is 9.86. The molecule has 3 heteroatoms. The molecule has 1 saturated heterocycles. The fraction of sp³-hybridized carbons (Fsp3) is 0.692. The Morgan fingerprint density at radius 1 is 1.44 bits per heavy atom. The number of carbonyl (C=O) groups excluding carboxylic acids is 2. The molecule has 2 heterocycles. The van der Waals surface area contributed by atoms with E-state index in [1.54, 1.807) is 0 Å². The lowest BCUT2D eigenvalue weighted by molar-refractivity contribution is -0.174. The van der Waals surface area contributed by atoms with Crippen molar-refractivity contribution in [3.8, 4) is 0 Å². The summed E-state index contributed by atoms with van der Waals surface area (Å²) in [7, 11) is 0. The van der Waals surface area contributed by atoms with E-state index in [-0.39, 0.29) is 18.1 Å². The second-order valence-corrected chi connectivity index (χ2v) is 4.76. The van der Waals surface area contributed by atoms with Crippen LogP contribution in [0.15, 0.2) is 12.2 Å². The monoisotopic (exact) mass is 222 g/mol. The van der Waals surface area contributed by atoms with Crippen LogP contribution in [0, 0.1) is 5.92 Å². The molecule has 0 saturated carbocycles. The van der Waals surface area contributed by atoms with E-state index in [0.29, 0.717) is 6.42 Å². The largest absolute Gasteiger partial charge is 0.359 e. The maximum absolute atomic E-state index is 12.1. The molecular weight excluding hydrogens is 204 g/mol. The first-order valence-corrected chi connectivity index (χ1v) is 5.98. The fourth-order valence-electron chi connectivity index (χ4n) is 2.89. The third-order valence-corrected chi connectivity index (χ3v) is 4.00. The second kappa shape index (κ2) is 3.81. The van der Waals surface area contributed by atoms with E-state index in [0.717, 1.165) is 19.1 Å². The predicted molar refractivity (Wildman–Crippen MR) is 60.1 cm³/mol. The average Bonchev–Trinajstić information content (AvgIpc) is 2.62. The molecule has 1 fully saturated rings. The first-order chi connectivity index (χ1) is 7.61. The summed E-state index contributed by atoms with van der Waals surface area (Å²) in [5.41, 5.74) is -0.918. The zero-order valence-corrected chi connectivity index (χ0v) is 9.86.